The summed E-state index contributed by atoms with van der Waals surface area (Å²) in [5.41, 5.74) is 0.293. The molecule has 4 atom stereocenters. The molecule has 4 unspecified atom stereocenters. The largest absolute Gasteiger partial charge is 6.00 e. The molecule has 198 valence electrons. The van der Waals surface area contributed by atoms with Gasteiger partial charge in [0.2, 0.25) is 0 Å². The van der Waals surface area contributed by atoms with Gasteiger partial charge >= 0.3 is 19.5 Å². The Hall–Kier alpha value is -0.197. The van der Waals surface area contributed by atoms with Gasteiger partial charge in [-0.1, -0.05) is 121 Å². The molecule has 6 nitrogen and oxygen atoms in total. The fraction of sp³-hybridized carbons (Fsp3) is 0.923. The molecule has 0 aromatic heterocycles. The zero-order chi connectivity index (χ0) is 26.7. The van der Waals surface area contributed by atoms with Crippen molar-refractivity contribution in [3.8, 4) is 0 Å². The number of rotatable bonds is 10. The fourth-order valence-electron chi connectivity index (χ4n) is 2.23. The molecule has 0 heterocycles. The van der Waals surface area contributed by atoms with E-state index in [0.29, 0.717) is 24.2 Å². The predicted octanol–water partition coefficient (Wildman–Crippen LogP) is 8.08. The van der Waals surface area contributed by atoms with Gasteiger partial charge in [-0.15, -0.1) is 24.2 Å². The van der Waals surface area contributed by atoms with Gasteiger partial charge in [-0.25, -0.2) is 12.3 Å². The Kier molecular flexibility index (Phi) is 30.6. The SMILES string of the molecule is CCC(C)[N-]C([N-]C(C)C)C(C)(C)C.CCC(C)[N-]C([N-]C(C)C)C(C)(C)C.[CH-]=O.[CH-]=O.[Ru+6]. The molecule has 0 spiro atoms. The Morgan fingerprint density at radius 2 is 0.758 bits per heavy atom. The van der Waals surface area contributed by atoms with Gasteiger partial charge < -0.3 is 30.9 Å². The van der Waals surface area contributed by atoms with Gasteiger partial charge in [0, 0.05) is 0 Å². The van der Waals surface area contributed by atoms with Crippen molar-refractivity contribution in [1.82, 2.24) is 0 Å². The minimum absolute atomic E-state index is 0. The van der Waals surface area contributed by atoms with E-state index in [1.165, 1.54) is 0 Å². The maximum absolute atomic E-state index is 7.75. The van der Waals surface area contributed by atoms with E-state index in [9.17, 15) is 0 Å². The summed E-state index contributed by atoms with van der Waals surface area (Å²) >= 11 is 0. The van der Waals surface area contributed by atoms with Crippen molar-refractivity contribution >= 4 is 13.6 Å². The Morgan fingerprint density at radius 1 is 0.545 bits per heavy atom. The summed E-state index contributed by atoms with van der Waals surface area (Å²) < 4.78 is 0. The van der Waals surface area contributed by atoms with E-state index in [1.54, 1.807) is 0 Å². The van der Waals surface area contributed by atoms with Crippen molar-refractivity contribution in [2.45, 2.75) is 146 Å². The van der Waals surface area contributed by atoms with Crippen LogP contribution in [0.3, 0.4) is 0 Å². The summed E-state index contributed by atoms with van der Waals surface area (Å²) in [6, 6.07) is 1.57. The van der Waals surface area contributed by atoms with Gasteiger partial charge in [0.15, 0.2) is 0 Å². The molecule has 0 aromatic carbocycles. The van der Waals surface area contributed by atoms with Crippen LogP contribution >= 0.6 is 0 Å². The smallest absolute Gasteiger partial charge is 0.675 e. The second-order valence-corrected chi connectivity index (χ2v) is 10.8. The molecule has 0 N–H and O–H groups in total. The van der Waals surface area contributed by atoms with Crippen molar-refractivity contribution in [3.05, 3.63) is 21.3 Å². The van der Waals surface area contributed by atoms with Crippen LogP contribution in [0.1, 0.15) is 110 Å². The summed E-state index contributed by atoms with van der Waals surface area (Å²) in [4.78, 5) is 15.5. The van der Waals surface area contributed by atoms with E-state index in [1.807, 2.05) is 0 Å². The Labute approximate surface area is 220 Å². The van der Waals surface area contributed by atoms with Gasteiger partial charge in [-0.05, 0) is 0 Å². The van der Waals surface area contributed by atoms with Crippen molar-refractivity contribution in [3.63, 3.8) is 0 Å². The van der Waals surface area contributed by atoms with Crippen molar-refractivity contribution in [1.29, 1.82) is 0 Å². The number of nitrogens with zero attached hydrogens (tertiary/aromatic N) is 4. The molecule has 7 heteroatoms. The van der Waals surface area contributed by atoms with E-state index in [2.05, 4.69) is 121 Å². The van der Waals surface area contributed by atoms with Gasteiger partial charge in [0.05, 0.1) is 0 Å². The molecule has 33 heavy (non-hydrogen) atoms. The van der Waals surface area contributed by atoms with E-state index in [-0.39, 0.29) is 42.6 Å². The summed E-state index contributed by atoms with van der Waals surface area (Å²) in [7, 11) is 0. The minimum Gasteiger partial charge on any atom is -0.675 e. The second-order valence-electron chi connectivity index (χ2n) is 10.8. The zero-order valence-corrected chi connectivity index (χ0v) is 25.7. The van der Waals surface area contributed by atoms with Crippen molar-refractivity contribution in [2.24, 2.45) is 10.8 Å². The quantitative estimate of drug-likeness (QED) is 0.155. The molecule has 0 saturated heterocycles. The summed E-state index contributed by atoms with van der Waals surface area (Å²) in [6.07, 6.45) is 2.47. The number of hydrogen-bond donors (Lipinski definition) is 0. The van der Waals surface area contributed by atoms with Crippen LogP contribution < -0.4 is 0 Å². The van der Waals surface area contributed by atoms with Crippen LogP contribution in [-0.4, -0.2) is 50.1 Å². The third kappa shape index (κ3) is 27.9. The standard InChI is InChI=1S/2C12H26N2.2CHO.Ru/c2*1-8-10(4)14-11(12(5,6)7)13-9(2)3;2*1-2;/h2*9-11H,8H2,1-7H3;2*1H;/q2*-2;2*-1;+6. The number of carbonyl (C=O) groups excluding carboxylic acids is 2. The van der Waals surface area contributed by atoms with Crippen LogP contribution in [0.15, 0.2) is 0 Å². The molecule has 0 bridgehead atoms. The third-order valence-electron chi connectivity index (χ3n) is 4.40. The van der Waals surface area contributed by atoms with E-state index in [4.69, 9.17) is 20.2 Å². The molecule has 0 aliphatic rings. The average Bonchev–Trinajstić information content (AvgIpc) is 2.68. The van der Waals surface area contributed by atoms with Gasteiger partial charge in [0.1, 0.15) is 0 Å². The first kappa shape index (κ1) is 42.9. The first-order valence-electron chi connectivity index (χ1n) is 11.8. The monoisotopic (exact) mass is 556 g/mol. The predicted molar refractivity (Wildman–Crippen MR) is 143 cm³/mol. The second kappa shape index (κ2) is 23.5. The molecular weight excluding hydrogens is 501 g/mol. The molecule has 0 aliphatic carbocycles. The average molecular weight is 556 g/mol. The Bertz CT molecular complexity index is 372. The fourth-order valence-corrected chi connectivity index (χ4v) is 2.23. The maximum atomic E-state index is 7.75. The van der Waals surface area contributed by atoms with Gasteiger partial charge in [-0.2, -0.15) is 0 Å². The minimum atomic E-state index is 0. The normalized spacial score (nSPS) is 14.8. The third-order valence-corrected chi connectivity index (χ3v) is 4.40. The molecular formula is C26H54N4O2Ru. The Morgan fingerprint density at radius 3 is 0.879 bits per heavy atom. The molecule has 0 radical (unpaired) electrons. The van der Waals surface area contributed by atoms with Crippen LogP contribution in [0.5, 0.6) is 0 Å². The topological polar surface area (TPSA) is 90.5 Å². The van der Waals surface area contributed by atoms with Crippen LogP contribution in [0, 0.1) is 10.8 Å². The van der Waals surface area contributed by atoms with E-state index in [0.717, 1.165) is 12.8 Å². The summed E-state index contributed by atoms with van der Waals surface area (Å²) in [5.74, 6) is 0. The molecule has 0 fully saturated rings. The zero-order valence-electron chi connectivity index (χ0n) is 24.0. The van der Waals surface area contributed by atoms with Crippen LogP contribution in [-0.2, 0) is 29.1 Å². The summed E-state index contributed by atoms with van der Waals surface area (Å²) in [6.45, 7) is 36.8. The van der Waals surface area contributed by atoms with Crippen LogP contribution in [0.25, 0.3) is 21.3 Å². The number of hydrogen-bond acceptors (Lipinski definition) is 2. The van der Waals surface area contributed by atoms with Crippen LogP contribution in [0.2, 0.25) is 0 Å². The van der Waals surface area contributed by atoms with Crippen molar-refractivity contribution in [2.75, 3.05) is 0 Å². The van der Waals surface area contributed by atoms with Crippen molar-refractivity contribution < 1.29 is 29.1 Å². The molecule has 0 rings (SSSR count). The summed E-state index contributed by atoms with van der Waals surface area (Å²) in [5, 5.41) is 18.8. The molecule has 0 aliphatic heterocycles. The van der Waals surface area contributed by atoms with Gasteiger partial charge in [-0.3, -0.25) is 13.6 Å². The first-order chi connectivity index (χ1) is 14.5. The molecule has 0 aromatic rings. The van der Waals surface area contributed by atoms with Crippen LogP contribution in [0.4, 0.5) is 0 Å². The molecule has 0 saturated carbocycles. The maximum Gasteiger partial charge on any atom is 6.00 e. The van der Waals surface area contributed by atoms with E-state index >= 15 is 0 Å². The Balaban J connectivity index is -0.000000134. The van der Waals surface area contributed by atoms with E-state index < -0.39 is 0 Å². The molecule has 0 amide bonds. The van der Waals surface area contributed by atoms with Gasteiger partial charge in [0.25, 0.3) is 0 Å². The first-order valence-corrected chi connectivity index (χ1v) is 11.8.